The molecule has 0 aliphatic heterocycles. The lowest BCUT2D eigenvalue weighted by atomic mass is 10.3. The highest BCUT2D eigenvalue weighted by molar-refractivity contribution is 9.10. The Kier molecular flexibility index (Phi) is 4.19. The zero-order chi connectivity index (χ0) is 14.7. The Bertz CT molecular complexity index is 715. The number of hydrogen-bond donors (Lipinski definition) is 2. The van der Waals surface area contributed by atoms with Gasteiger partial charge in [0.05, 0.1) is 5.69 Å². The van der Waals surface area contributed by atoms with Gasteiger partial charge in [-0.1, -0.05) is 15.9 Å². The number of nitrogens with zero attached hydrogens (tertiary/aromatic N) is 1. The fourth-order valence-electron chi connectivity index (χ4n) is 1.61. The molecule has 0 saturated carbocycles. The zero-order valence-corrected chi connectivity index (χ0v) is 11.9. The fraction of sp³-hybridized carbons (Fsp3) is 0.0769. The topological polar surface area (TPSA) is 77.1 Å². The van der Waals surface area contributed by atoms with Gasteiger partial charge in [0.1, 0.15) is 12.4 Å². The molecule has 3 N–H and O–H groups in total. The standard InChI is InChI=1S/C13H11BrFN3O2/c14-8-1-3-10(15)11(5-8)17-12(19)7-18-6-9(16)2-4-13(18)20/h1-6H,7,16H2,(H,17,19). The monoisotopic (exact) mass is 339 g/mol. The predicted octanol–water partition coefficient (Wildman–Crippen LogP) is 1.97. The van der Waals surface area contributed by atoms with Gasteiger partial charge in [-0.3, -0.25) is 9.59 Å². The highest BCUT2D eigenvalue weighted by atomic mass is 79.9. The molecule has 0 aliphatic carbocycles. The van der Waals surface area contributed by atoms with Crippen LogP contribution in [0.5, 0.6) is 0 Å². The fourth-order valence-corrected chi connectivity index (χ4v) is 1.97. The largest absolute Gasteiger partial charge is 0.398 e. The normalized spacial score (nSPS) is 10.3. The summed E-state index contributed by atoms with van der Waals surface area (Å²) in [4.78, 5) is 23.3. The maximum absolute atomic E-state index is 13.5. The lowest BCUT2D eigenvalue weighted by Crippen LogP contribution is -2.27. The van der Waals surface area contributed by atoms with Gasteiger partial charge in [-0.15, -0.1) is 0 Å². The SMILES string of the molecule is Nc1ccc(=O)n(CC(=O)Nc2cc(Br)ccc2F)c1. The first-order valence-corrected chi connectivity index (χ1v) is 6.46. The van der Waals surface area contributed by atoms with E-state index in [0.29, 0.717) is 10.2 Å². The van der Waals surface area contributed by atoms with Crippen molar-refractivity contribution in [2.45, 2.75) is 6.54 Å². The molecule has 2 rings (SSSR count). The third-order valence-electron chi connectivity index (χ3n) is 2.52. The number of nitrogen functional groups attached to an aromatic ring is 1. The molecule has 0 radical (unpaired) electrons. The Morgan fingerprint density at radius 3 is 2.85 bits per heavy atom. The maximum atomic E-state index is 13.5. The predicted molar refractivity (Wildman–Crippen MR) is 77.8 cm³/mol. The second-order valence-electron chi connectivity index (χ2n) is 4.10. The van der Waals surface area contributed by atoms with Crippen LogP contribution in [-0.4, -0.2) is 10.5 Å². The first-order valence-electron chi connectivity index (χ1n) is 5.66. The average Bonchev–Trinajstić information content (AvgIpc) is 2.38. The van der Waals surface area contributed by atoms with Crippen LogP contribution in [-0.2, 0) is 11.3 Å². The summed E-state index contributed by atoms with van der Waals surface area (Å²) in [5.74, 6) is -1.07. The van der Waals surface area contributed by atoms with Crippen LogP contribution in [0.25, 0.3) is 0 Å². The van der Waals surface area contributed by atoms with Gasteiger partial charge in [0.15, 0.2) is 0 Å². The second-order valence-corrected chi connectivity index (χ2v) is 5.02. The van der Waals surface area contributed by atoms with Crippen LogP contribution in [0.1, 0.15) is 0 Å². The Labute approximate surface area is 122 Å². The van der Waals surface area contributed by atoms with E-state index in [9.17, 15) is 14.0 Å². The van der Waals surface area contributed by atoms with E-state index < -0.39 is 11.7 Å². The molecule has 7 heteroatoms. The Balaban J connectivity index is 2.15. The zero-order valence-electron chi connectivity index (χ0n) is 10.3. The number of anilines is 2. The number of pyridine rings is 1. The number of aromatic nitrogens is 1. The molecule has 1 aromatic carbocycles. The quantitative estimate of drug-likeness (QED) is 0.897. The first-order chi connectivity index (χ1) is 9.45. The third-order valence-corrected chi connectivity index (χ3v) is 3.02. The first kappa shape index (κ1) is 14.3. The minimum Gasteiger partial charge on any atom is -0.398 e. The minimum atomic E-state index is -0.554. The van der Waals surface area contributed by atoms with E-state index in [4.69, 9.17) is 5.73 Å². The third kappa shape index (κ3) is 3.45. The number of benzene rings is 1. The van der Waals surface area contributed by atoms with Crippen LogP contribution >= 0.6 is 15.9 Å². The van der Waals surface area contributed by atoms with Gasteiger partial charge in [0.25, 0.3) is 5.56 Å². The molecule has 0 fully saturated rings. The van der Waals surface area contributed by atoms with Crippen molar-refractivity contribution >= 4 is 33.2 Å². The van der Waals surface area contributed by atoms with Crippen molar-refractivity contribution in [3.05, 3.63) is 57.2 Å². The minimum absolute atomic E-state index is 0.0429. The summed E-state index contributed by atoms with van der Waals surface area (Å²) in [5.41, 5.74) is 5.59. The number of halogens is 2. The van der Waals surface area contributed by atoms with Crippen LogP contribution in [0.2, 0.25) is 0 Å². The van der Waals surface area contributed by atoms with E-state index in [1.54, 1.807) is 0 Å². The molecule has 1 amide bonds. The maximum Gasteiger partial charge on any atom is 0.251 e. The smallest absolute Gasteiger partial charge is 0.251 e. The molecule has 20 heavy (non-hydrogen) atoms. The van der Waals surface area contributed by atoms with E-state index in [1.807, 2.05) is 0 Å². The highest BCUT2D eigenvalue weighted by Gasteiger charge is 2.09. The number of amides is 1. The van der Waals surface area contributed by atoms with Crippen molar-refractivity contribution in [3.63, 3.8) is 0 Å². The van der Waals surface area contributed by atoms with E-state index in [2.05, 4.69) is 21.2 Å². The van der Waals surface area contributed by atoms with E-state index in [1.165, 1.54) is 36.5 Å². The molecule has 5 nitrogen and oxygen atoms in total. The second kappa shape index (κ2) is 5.87. The van der Waals surface area contributed by atoms with Gasteiger partial charge in [-0.05, 0) is 24.3 Å². The van der Waals surface area contributed by atoms with Crippen LogP contribution in [0.4, 0.5) is 15.8 Å². The van der Waals surface area contributed by atoms with Gasteiger partial charge in [-0.2, -0.15) is 0 Å². The number of rotatable bonds is 3. The lowest BCUT2D eigenvalue weighted by Gasteiger charge is -2.09. The van der Waals surface area contributed by atoms with Gasteiger partial charge in [0, 0.05) is 22.4 Å². The Hall–Kier alpha value is -2.15. The molecule has 0 atom stereocenters. The molecule has 1 aromatic heterocycles. The molecule has 104 valence electrons. The van der Waals surface area contributed by atoms with E-state index >= 15 is 0 Å². The van der Waals surface area contributed by atoms with Crippen LogP contribution in [0.3, 0.4) is 0 Å². The van der Waals surface area contributed by atoms with Crippen molar-refractivity contribution in [2.75, 3.05) is 11.1 Å². The molecule has 0 saturated heterocycles. The molecular weight excluding hydrogens is 329 g/mol. The van der Waals surface area contributed by atoms with Crippen LogP contribution < -0.4 is 16.6 Å². The highest BCUT2D eigenvalue weighted by Crippen LogP contribution is 2.19. The number of carbonyl (C=O) groups is 1. The summed E-state index contributed by atoms with van der Waals surface area (Å²) < 4.78 is 15.3. The molecule has 0 bridgehead atoms. The van der Waals surface area contributed by atoms with Gasteiger partial charge in [0.2, 0.25) is 5.91 Å². The van der Waals surface area contributed by atoms with Gasteiger partial charge in [-0.25, -0.2) is 4.39 Å². The van der Waals surface area contributed by atoms with Gasteiger partial charge >= 0.3 is 0 Å². The van der Waals surface area contributed by atoms with Crippen molar-refractivity contribution in [3.8, 4) is 0 Å². The molecule has 2 aromatic rings. The van der Waals surface area contributed by atoms with Crippen molar-refractivity contribution in [2.24, 2.45) is 0 Å². The summed E-state index contributed by atoms with van der Waals surface area (Å²) in [6.45, 7) is -0.240. The van der Waals surface area contributed by atoms with Crippen LogP contribution in [0.15, 0.2) is 45.8 Å². The number of hydrogen-bond acceptors (Lipinski definition) is 3. The Morgan fingerprint density at radius 2 is 2.10 bits per heavy atom. The molecule has 0 spiro atoms. The summed E-state index contributed by atoms with van der Waals surface area (Å²) in [6, 6.07) is 6.90. The summed E-state index contributed by atoms with van der Waals surface area (Å²) in [7, 11) is 0. The van der Waals surface area contributed by atoms with Crippen molar-refractivity contribution in [1.29, 1.82) is 0 Å². The Morgan fingerprint density at radius 1 is 1.35 bits per heavy atom. The van der Waals surface area contributed by atoms with E-state index in [-0.39, 0.29) is 17.8 Å². The summed E-state index contributed by atoms with van der Waals surface area (Å²) in [6.07, 6.45) is 1.36. The number of nitrogens with one attached hydrogen (secondary N) is 1. The van der Waals surface area contributed by atoms with Crippen molar-refractivity contribution < 1.29 is 9.18 Å². The number of carbonyl (C=O) groups excluding carboxylic acids is 1. The van der Waals surface area contributed by atoms with Crippen molar-refractivity contribution in [1.82, 2.24) is 4.57 Å². The molecule has 0 aliphatic rings. The summed E-state index contributed by atoms with van der Waals surface area (Å²) >= 11 is 3.18. The number of nitrogens with two attached hydrogens (primary N) is 1. The lowest BCUT2D eigenvalue weighted by molar-refractivity contribution is -0.116. The average molecular weight is 340 g/mol. The van der Waals surface area contributed by atoms with Crippen LogP contribution in [0, 0.1) is 5.82 Å². The van der Waals surface area contributed by atoms with Gasteiger partial charge < -0.3 is 15.6 Å². The summed E-state index contributed by atoms with van der Waals surface area (Å²) in [5, 5.41) is 2.40. The molecular formula is C13H11BrFN3O2. The molecule has 1 heterocycles. The van der Waals surface area contributed by atoms with E-state index in [0.717, 1.165) is 4.57 Å². The molecule has 0 unspecified atom stereocenters.